The molecule has 0 amide bonds. The van der Waals surface area contributed by atoms with E-state index in [9.17, 15) is 0 Å². The predicted octanol–water partition coefficient (Wildman–Crippen LogP) is 7.65. The van der Waals surface area contributed by atoms with E-state index in [2.05, 4.69) is 63.8 Å². The van der Waals surface area contributed by atoms with Crippen molar-refractivity contribution >= 4 is 24.8 Å². The van der Waals surface area contributed by atoms with E-state index in [-0.39, 0.29) is 11.3 Å². The second kappa shape index (κ2) is 9.44. The Hall–Kier alpha value is -1.43. The van der Waals surface area contributed by atoms with Crippen molar-refractivity contribution in [2.24, 2.45) is 0 Å². The fraction of sp³-hybridized carbons (Fsp3) is 0.667. The summed E-state index contributed by atoms with van der Waals surface area (Å²) in [5, 5.41) is 6.37. The van der Waals surface area contributed by atoms with Crippen LogP contribution in [0, 0.1) is 0 Å². The van der Waals surface area contributed by atoms with Crippen molar-refractivity contribution in [2.75, 3.05) is 13.2 Å². The van der Waals surface area contributed by atoms with Gasteiger partial charge in [0.2, 0.25) is 0 Å². The number of benzene rings is 1. The maximum atomic E-state index is 6.43. The van der Waals surface area contributed by atoms with Gasteiger partial charge in [0.15, 0.2) is 14.5 Å². The second-order valence-corrected chi connectivity index (χ2v) is 16.0. The molecule has 32 heavy (non-hydrogen) atoms. The van der Waals surface area contributed by atoms with Crippen molar-refractivity contribution in [3.63, 3.8) is 0 Å². The molecule has 2 heterocycles. The van der Waals surface area contributed by atoms with Gasteiger partial charge in [-0.1, -0.05) is 32.4 Å². The van der Waals surface area contributed by atoms with Gasteiger partial charge in [-0.3, -0.25) is 0 Å². The lowest BCUT2D eigenvalue weighted by molar-refractivity contribution is -0.0366. The molecule has 0 radical (unpaired) electrons. The van der Waals surface area contributed by atoms with E-state index in [0.29, 0.717) is 0 Å². The van der Waals surface area contributed by atoms with Crippen molar-refractivity contribution < 1.29 is 9.16 Å². The molecule has 4 nitrogen and oxygen atoms in total. The van der Waals surface area contributed by atoms with Crippen LogP contribution in [-0.4, -0.2) is 31.3 Å². The minimum absolute atomic E-state index is 0.0955. The Labute approximate surface area is 195 Å². The third-order valence-corrected chi connectivity index (χ3v) is 12.6. The molecule has 2 aliphatic rings. The summed E-state index contributed by atoms with van der Waals surface area (Å²) in [7, 11) is -1.65. The first-order valence-corrected chi connectivity index (χ1v) is 15.5. The zero-order chi connectivity index (χ0) is 22.9. The standard InChI is InChI=1S/C27H42N2O2Si/c1-20-21(12-10-18-31-32(5,6)27(2,3)4)11-9-13-23-22(20)15-16-25-24(23)19-28-29(25)26-14-7-8-17-30-26/h15-16,19,26H,7-14,17-18H2,1-6H3. The molecule has 2 aromatic rings. The van der Waals surface area contributed by atoms with Gasteiger partial charge in [0.1, 0.15) is 0 Å². The molecule has 1 aliphatic heterocycles. The van der Waals surface area contributed by atoms with Crippen LogP contribution in [0.2, 0.25) is 18.1 Å². The minimum atomic E-state index is -1.65. The number of hydrogen-bond acceptors (Lipinski definition) is 3. The lowest BCUT2D eigenvalue weighted by atomic mass is 9.94. The van der Waals surface area contributed by atoms with Crippen molar-refractivity contribution in [1.29, 1.82) is 0 Å². The predicted molar refractivity (Wildman–Crippen MR) is 136 cm³/mol. The van der Waals surface area contributed by atoms with Gasteiger partial charge in [-0.05, 0) is 99.2 Å². The van der Waals surface area contributed by atoms with E-state index in [1.54, 1.807) is 5.57 Å². The van der Waals surface area contributed by atoms with Crippen LogP contribution in [0.3, 0.4) is 0 Å². The first-order chi connectivity index (χ1) is 15.2. The van der Waals surface area contributed by atoms with Crippen LogP contribution in [-0.2, 0) is 15.6 Å². The Balaban J connectivity index is 1.51. The smallest absolute Gasteiger partial charge is 0.191 e. The van der Waals surface area contributed by atoms with Crippen LogP contribution >= 0.6 is 0 Å². The molecule has 1 saturated heterocycles. The summed E-state index contributed by atoms with van der Waals surface area (Å²) in [6, 6.07) is 4.61. The number of aryl methyl sites for hydroxylation is 1. The molecule has 4 rings (SSSR count). The summed E-state index contributed by atoms with van der Waals surface area (Å²) in [5.41, 5.74) is 7.24. The topological polar surface area (TPSA) is 36.3 Å². The fourth-order valence-corrected chi connectivity index (χ4v) is 6.03. The van der Waals surface area contributed by atoms with E-state index in [1.807, 2.05) is 0 Å². The van der Waals surface area contributed by atoms with E-state index < -0.39 is 8.32 Å². The van der Waals surface area contributed by atoms with Crippen LogP contribution in [0.1, 0.15) is 90.0 Å². The SMILES string of the molecule is CC1=C(CCCO[Si](C)(C)C(C)(C)C)CCCc2c1ccc1c2cnn1C1CCCCO1. The van der Waals surface area contributed by atoms with E-state index >= 15 is 0 Å². The lowest BCUT2D eigenvalue weighted by Crippen LogP contribution is -2.40. The third kappa shape index (κ3) is 4.76. The number of aromatic nitrogens is 2. The monoisotopic (exact) mass is 454 g/mol. The third-order valence-electron chi connectivity index (χ3n) is 8.05. The summed E-state index contributed by atoms with van der Waals surface area (Å²) in [5.74, 6) is 0. The van der Waals surface area contributed by atoms with Gasteiger partial charge in [0.05, 0.1) is 11.7 Å². The highest BCUT2D eigenvalue weighted by atomic mass is 28.4. The number of fused-ring (bicyclic) bond motifs is 3. The van der Waals surface area contributed by atoms with Crippen LogP contribution in [0.5, 0.6) is 0 Å². The van der Waals surface area contributed by atoms with E-state index in [4.69, 9.17) is 14.3 Å². The zero-order valence-electron chi connectivity index (χ0n) is 21.1. The summed E-state index contributed by atoms with van der Waals surface area (Å²) in [6.45, 7) is 15.7. The maximum Gasteiger partial charge on any atom is 0.191 e. The Morgan fingerprint density at radius 3 is 2.69 bits per heavy atom. The molecular weight excluding hydrogens is 412 g/mol. The summed E-state index contributed by atoms with van der Waals surface area (Å²) in [4.78, 5) is 0. The zero-order valence-corrected chi connectivity index (χ0v) is 22.1. The van der Waals surface area contributed by atoms with Gasteiger partial charge in [-0.2, -0.15) is 5.10 Å². The Kier molecular flexibility index (Phi) is 6.99. The van der Waals surface area contributed by atoms with E-state index in [1.165, 1.54) is 53.3 Å². The second-order valence-electron chi connectivity index (χ2n) is 11.2. The molecule has 1 aliphatic carbocycles. The van der Waals surface area contributed by atoms with Gasteiger partial charge in [0, 0.05) is 18.6 Å². The quantitative estimate of drug-likeness (QED) is 0.332. The van der Waals surface area contributed by atoms with E-state index in [0.717, 1.165) is 38.9 Å². The molecule has 5 heteroatoms. The lowest BCUT2D eigenvalue weighted by Gasteiger charge is -2.36. The first kappa shape index (κ1) is 23.7. The highest BCUT2D eigenvalue weighted by Crippen LogP contribution is 2.38. The number of ether oxygens (including phenoxy) is 1. The van der Waals surface area contributed by atoms with Gasteiger partial charge < -0.3 is 9.16 Å². The number of allylic oxidation sites excluding steroid dienone is 2. The average Bonchev–Trinajstić information content (AvgIpc) is 3.12. The van der Waals surface area contributed by atoms with Crippen LogP contribution < -0.4 is 0 Å². The van der Waals surface area contributed by atoms with Crippen molar-refractivity contribution in [1.82, 2.24) is 9.78 Å². The highest BCUT2D eigenvalue weighted by Gasteiger charge is 2.36. The molecule has 0 saturated carbocycles. The molecule has 1 fully saturated rings. The molecule has 0 spiro atoms. The van der Waals surface area contributed by atoms with Crippen LogP contribution in [0.25, 0.3) is 16.5 Å². The average molecular weight is 455 g/mol. The molecule has 1 aromatic carbocycles. The molecular formula is C27H42N2O2Si. The Bertz CT molecular complexity index is 977. The Morgan fingerprint density at radius 1 is 1.16 bits per heavy atom. The van der Waals surface area contributed by atoms with Crippen LogP contribution in [0.15, 0.2) is 23.9 Å². The molecule has 1 aromatic heterocycles. The van der Waals surface area contributed by atoms with Gasteiger partial charge in [-0.25, -0.2) is 4.68 Å². The molecule has 0 N–H and O–H groups in total. The van der Waals surface area contributed by atoms with Gasteiger partial charge in [0.25, 0.3) is 0 Å². The van der Waals surface area contributed by atoms with Gasteiger partial charge >= 0.3 is 0 Å². The number of nitrogens with zero attached hydrogens (tertiary/aromatic N) is 2. The van der Waals surface area contributed by atoms with Gasteiger partial charge in [-0.15, -0.1) is 0 Å². The largest absolute Gasteiger partial charge is 0.417 e. The minimum Gasteiger partial charge on any atom is -0.417 e. The summed E-state index contributed by atoms with van der Waals surface area (Å²) >= 11 is 0. The first-order valence-electron chi connectivity index (χ1n) is 12.6. The van der Waals surface area contributed by atoms with Crippen LogP contribution in [0.4, 0.5) is 0 Å². The number of hydrogen-bond donors (Lipinski definition) is 0. The Morgan fingerprint density at radius 2 is 1.97 bits per heavy atom. The molecule has 1 unspecified atom stereocenters. The molecule has 176 valence electrons. The maximum absolute atomic E-state index is 6.43. The van der Waals surface area contributed by atoms with Crippen molar-refractivity contribution in [3.8, 4) is 0 Å². The number of rotatable bonds is 6. The highest BCUT2D eigenvalue weighted by molar-refractivity contribution is 6.74. The normalized spacial score (nSPS) is 20.5. The van der Waals surface area contributed by atoms with Crippen molar-refractivity contribution in [2.45, 2.75) is 103 Å². The summed E-state index contributed by atoms with van der Waals surface area (Å²) in [6.07, 6.45) is 11.4. The molecule has 0 bridgehead atoms. The van der Waals surface area contributed by atoms with Crippen molar-refractivity contribution in [3.05, 3.63) is 35.0 Å². The summed E-state index contributed by atoms with van der Waals surface area (Å²) < 4.78 is 14.6. The molecule has 1 atom stereocenters. The fourth-order valence-electron chi connectivity index (χ4n) is 4.94.